The average molecular weight is 350 g/mol. The second-order valence-corrected chi connectivity index (χ2v) is 8.14. The first kappa shape index (κ1) is 16.1. The summed E-state index contributed by atoms with van der Waals surface area (Å²) in [6.45, 7) is -0.294. The molecule has 10 heteroatoms. The van der Waals surface area contributed by atoms with Crippen LogP contribution in [0.5, 0.6) is 0 Å². The number of fused-ring (bicyclic) bond motifs is 1. The zero-order valence-corrected chi connectivity index (χ0v) is 13.0. The van der Waals surface area contributed by atoms with Crippen LogP contribution in [0.3, 0.4) is 0 Å². The quantitative estimate of drug-likeness (QED) is 0.760. The van der Waals surface area contributed by atoms with Crippen molar-refractivity contribution in [3.8, 4) is 0 Å². The number of primary sulfonamides is 1. The molecule has 21 heavy (non-hydrogen) atoms. The normalized spacial score (nSPS) is 12.7. The molecular formula is C11H12ClN3O4S2. The fourth-order valence-corrected chi connectivity index (χ4v) is 3.38. The van der Waals surface area contributed by atoms with E-state index in [0.29, 0.717) is 16.1 Å². The summed E-state index contributed by atoms with van der Waals surface area (Å²) in [5, 5.41) is 5.72. The lowest BCUT2D eigenvalue weighted by Crippen LogP contribution is -2.31. The third kappa shape index (κ3) is 4.35. The van der Waals surface area contributed by atoms with Gasteiger partial charge in [-0.1, -0.05) is 11.6 Å². The molecule has 0 radical (unpaired) electrons. The number of rotatable bonds is 5. The topological polar surface area (TPSA) is 119 Å². The number of sulfonamides is 2. The third-order valence-corrected chi connectivity index (χ3v) is 5.06. The fourth-order valence-electron chi connectivity index (χ4n) is 1.65. The first-order valence-electron chi connectivity index (χ1n) is 5.74. The number of aromatic nitrogens is 1. The van der Waals surface area contributed by atoms with Crippen LogP contribution in [-0.4, -0.2) is 34.1 Å². The summed E-state index contributed by atoms with van der Waals surface area (Å²) in [6, 6.07) is 7.51. The van der Waals surface area contributed by atoms with Crippen LogP contribution in [0.25, 0.3) is 10.9 Å². The molecule has 1 heterocycles. The zero-order valence-electron chi connectivity index (χ0n) is 10.7. The minimum absolute atomic E-state index is 0.00791. The average Bonchev–Trinajstić information content (AvgIpc) is 2.36. The molecule has 1 aromatic carbocycles. The van der Waals surface area contributed by atoms with Crippen molar-refractivity contribution in [1.82, 2.24) is 9.71 Å². The largest absolute Gasteiger partial charge is 0.240 e. The van der Waals surface area contributed by atoms with Gasteiger partial charge in [-0.05, 0) is 30.3 Å². The maximum Gasteiger partial charge on any atom is 0.240 e. The summed E-state index contributed by atoms with van der Waals surface area (Å²) >= 11 is 5.75. The molecule has 0 unspecified atom stereocenters. The van der Waals surface area contributed by atoms with Crippen molar-refractivity contribution >= 4 is 42.6 Å². The van der Waals surface area contributed by atoms with Crippen molar-refractivity contribution in [3.63, 3.8) is 0 Å². The van der Waals surface area contributed by atoms with Gasteiger partial charge in [-0.15, -0.1) is 0 Å². The van der Waals surface area contributed by atoms with E-state index in [1.165, 1.54) is 18.2 Å². The highest BCUT2D eigenvalue weighted by atomic mass is 35.5. The van der Waals surface area contributed by atoms with Crippen LogP contribution < -0.4 is 9.86 Å². The molecule has 2 aromatic rings. The summed E-state index contributed by atoms with van der Waals surface area (Å²) in [7, 11) is -7.53. The maximum absolute atomic E-state index is 12.0. The molecule has 3 N–H and O–H groups in total. The number of nitrogens with two attached hydrogens (primary N) is 1. The Morgan fingerprint density at radius 3 is 2.52 bits per heavy atom. The van der Waals surface area contributed by atoms with Gasteiger partial charge in [-0.25, -0.2) is 31.7 Å². The molecule has 2 rings (SSSR count). The monoisotopic (exact) mass is 349 g/mol. The number of nitrogens with zero attached hydrogens (tertiary/aromatic N) is 1. The lowest BCUT2D eigenvalue weighted by molar-refractivity contribution is 0.581. The van der Waals surface area contributed by atoms with E-state index < -0.39 is 25.8 Å². The molecule has 1 aromatic heterocycles. The molecule has 0 aliphatic carbocycles. The van der Waals surface area contributed by atoms with Crippen molar-refractivity contribution in [3.05, 3.63) is 35.5 Å². The van der Waals surface area contributed by atoms with Crippen molar-refractivity contribution in [2.24, 2.45) is 5.14 Å². The van der Waals surface area contributed by atoms with Crippen LogP contribution in [0.15, 0.2) is 35.2 Å². The predicted octanol–water partition coefficient (Wildman–Crippen LogP) is 0.455. The summed E-state index contributed by atoms with van der Waals surface area (Å²) in [6.07, 6.45) is 0. The van der Waals surface area contributed by atoms with E-state index in [1.54, 1.807) is 12.1 Å². The SMILES string of the molecule is NS(=O)(=O)CCNS(=O)(=O)c1ccc2nc(Cl)ccc2c1. The molecule has 114 valence electrons. The molecule has 0 aliphatic heterocycles. The Hall–Kier alpha value is -1.26. The summed E-state index contributed by atoms with van der Waals surface area (Å²) < 4.78 is 47.8. The van der Waals surface area contributed by atoms with Gasteiger partial charge in [-0.3, -0.25) is 0 Å². The van der Waals surface area contributed by atoms with Gasteiger partial charge in [0.2, 0.25) is 20.0 Å². The van der Waals surface area contributed by atoms with Crippen LogP contribution in [0.1, 0.15) is 0 Å². The summed E-state index contributed by atoms with van der Waals surface area (Å²) in [4.78, 5) is 4.06. The van der Waals surface area contributed by atoms with Crippen molar-refractivity contribution < 1.29 is 16.8 Å². The number of benzene rings is 1. The van der Waals surface area contributed by atoms with Crippen LogP contribution in [-0.2, 0) is 20.0 Å². The Balaban J connectivity index is 2.26. The highest BCUT2D eigenvalue weighted by Crippen LogP contribution is 2.19. The number of nitrogens with one attached hydrogen (secondary N) is 1. The predicted molar refractivity (Wildman–Crippen MR) is 79.9 cm³/mol. The number of hydrogen-bond donors (Lipinski definition) is 2. The van der Waals surface area contributed by atoms with E-state index in [1.807, 2.05) is 0 Å². The van der Waals surface area contributed by atoms with Gasteiger partial charge in [0.1, 0.15) is 5.15 Å². The number of halogens is 1. The molecular weight excluding hydrogens is 338 g/mol. The van der Waals surface area contributed by atoms with E-state index in [2.05, 4.69) is 9.71 Å². The van der Waals surface area contributed by atoms with E-state index in [-0.39, 0.29) is 11.4 Å². The second kappa shape index (κ2) is 5.85. The standard InChI is InChI=1S/C11H12ClN3O4S2/c12-11-4-1-8-7-9(2-3-10(8)15-11)21(18,19)14-5-6-20(13,16)17/h1-4,7,14H,5-6H2,(H2,13,16,17). The number of hydrogen-bond acceptors (Lipinski definition) is 5. The number of pyridine rings is 1. The second-order valence-electron chi connectivity index (χ2n) is 4.25. The molecule has 0 fully saturated rings. The van der Waals surface area contributed by atoms with Gasteiger partial charge < -0.3 is 0 Å². The van der Waals surface area contributed by atoms with Crippen molar-refractivity contribution in [2.45, 2.75) is 4.90 Å². The highest BCUT2D eigenvalue weighted by Gasteiger charge is 2.15. The lowest BCUT2D eigenvalue weighted by atomic mass is 10.2. The van der Waals surface area contributed by atoms with Gasteiger partial charge in [-0.2, -0.15) is 0 Å². The smallest absolute Gasteiger partial charge is 0.236 e. The molecule has 7 nitrogen and oxygen atoms in total. The third-order valence-electron chi connectivity index (χ3n) is 2.62. The van der Waals surface area contributed by atoms with Gasteiger partial charge in [0.15, 0.2) is 0 Å². The van der Waals surface area contributed by atoms with Gasteiger partial charge in [0.05, 0.1) is 16.2 Å². The van der Waals surface area contributed by atoms with E-state index >= 15 is 0 Å². The Bertz CT molecular complexity index is 881. The van der Waals surface area contributed by atoms with Crippen LogP contribution in [0.2, 0.25) is 5.15 Å². The van der Waals surface area contributed by atoms with Crippen molar-refractivity contribution in [2.75, 3.05) is 12.3 Å². The Morgan fingerprint density at radius 1 is 1.14 bits per heavy atom. The summed E-state index contributed by atoms with van der Waals surface area (Å²) in [5.41, 5.74) is 0.561. The Labute approximate surface area is 127 Å². The van der Waals surface area contributed by atoms with E-state index in [9.17, 15) is 16.8 Å². The van der Waals surface area contributed by atoms with Gasteiger partial charge in [0.25, 0.3) is 0 Å². The lowest BCUT2D eigenvalue weighted by Gasteiger charge is -2.07. The summed E-state index contributed by atoms with van der Waals surface area (Å²) in [5.74, 6) is -0.475. The Morgan fingerprint density at radius 2 is 1.86 bits per heavy atom. The minimum Gasteiger partial charge on any atom is -0.236 e. The molecule has 0 saturated heterocycles. The van der Waals surface area contributed by atoms with Crippen molar-refractivity contribution in [1.29, 1.82) is 0 Å². The van der Waals surface area contributed by atoms with Crippen LogP contribution in [0, 0.1) is 0 Å². The molecule has 0 spiro atoms. The first-order valence-corrected chi connectivity index (χ1v) is 9.31. The maximum atomic E-state index is 12.0. The highest BCUT2D eigenvalue weighted by molar-refractivity contribution is 7.90. The van der Waals surface area contributed by atoms with Gasteiger partial charge >= 0.3 is 0 Å². The first-order chi connectivity index (χ1) is 9.67. The molecule has 0 bridgehead atoms. The van der Waals surface area contributed by atoms with E-state index in [0.717, 1.165) is 0 Å². The van der Waals surface area contributed by atoms with Crippen LogP contribution >= 0.6 is 11.6 Å². The molecule has 0 aliphatic rings. The molecule has 0 amide bonds. The van der Waals surface area contributed by atoms with Crippen LogP contribution in [0.4, 0.5) is 0 Å². The van der Waals surface area contributed by atoms with E-state index in [4.69, 9.17) is 16.7 Å². The molecule has 0 saturated carbocycles. The van der Waals surface area contributed by atoms with Gasteiger partial charge in [0, 0.05) is 11.9 Å². The zero-order chi connectivity index (χ0) is 15.7. The fraction of sp³-hybridized carbons (Fsp3) is 0.182. The minimum atomic E-state index is -3.82. The molecule has 0 atom stereocenters. The Kier molecular flexibility index (Phi) is 4.49.